The Kier molecular flexibility index (Phi) is 6.32. The molecule has 2 saturated heterocycles. The maximum Gasteiger partial charge on any atom is 0.278 e. The summed E-state index contributed by atoms with van der Waals surface area (Å²) in [7, 11) is 0. The molecule has 1 aromatic carbocycles. The minimum absolute atomic E-state index is 0.0629. The van der Waals surface area contributed by atoms with E-state index in [-0.39, 0.29) is 23.3 Å². The van der Waals surface area contributed by atoms with Crippen LogP contribution >= 0.6 is 0 Å². The van der Waals surface area contributed by atoms with Crippen molar-refractivity contribution in [2.45, 2.75) is 25.7 Å². The van der Waals surface area contributed by atoms with Crippen LogP contribution in [0.4, 0.5) is 0 Å². The molecular formula is C22H29N5O3. The molecule has 30 heavy (non-hydrogen) atoms. The molecular weight excluding hydrogens is 382 g/mol. The average Bonchev–Trinajstić information content (AvgIpc) is 2.98. The molecule has 3 heterocycles. The summed E-state index contributed by atoms with van der Waals surface area (Å²) in [4.78, 5) is 31.3. The first-order valence-corrected chi connectivity index (χ1v) is 10.8. The van der Waals surface area contributed by atoms with E-state index in [9.17, 15) is 14.7 Å². The van der Waals surface area contributed by atoms with Crippen molar-refractivity contribution in [3.8, 4) is 11.4 Å². The first-order valence-electron chi connectivity index (χ1n) is 10.8. The highest BCUT2D eigenvalue weighted by Crippen LogP contribution is 2.20. The lowest BCUT2D eigenvalue weighted by Gasteiger charge is -2.35. The first-order chi connectivity index (χ1) is 14.6. The third kappa shape index (κ3) is 4.64. The van der Waals surface area contributed by atoms with E-state index >= 15 is 0 Å². The minimum atomic E-state index is -0.277. The third-order valence-electron chi connectivity index (χ3n) is 5.90. The SMILES string of the molecule is O=C(CN1CCN(C(=O)c2nn(-c3ccccc3)cc2O)CC1)N1CCCCCC1. The number of para-hydroxylation sites is 1. The molecule has 1 aromatic heterocycles. The standard InChI is InChI=1S/C22H29N5O3/c28-19-16-27(18-8-4-3-5-9-18)23-21(19)22(30)26-14-12-24(13-15-26)17-20(29)25-10-6-1-2-7-11-25/h3-5,8-9,16,28H,1-2,6-7,10-15,17H2. The van der Waals surface area contributed by atoms with Crippen molar-refractivity contribution in [3.63, 3.8) is 0 Å². The molecule has 2 amide bonds. The Morgan fingerprint density at radius 1 is 0.867 bits per heavy atom. The van der Waals surface area contributed by atoms with Gasteiger partial charge in [-0.15, -0.1) is 0 Å². The predicted molar refractivity (Wildman–Crippen MR) is 113 cm³/mol. The van der Waals surface area contributed by atoms with Gasteiger partial charge in [-0.25, -0.2) is 4.68 Å². The smallest absolute Gasteiger partial charge is 0.278 e. The monoisotopic (exact) mass is 411 g/mol. The fourth-order valence-corrected chi connectivity index (χ4v) is 4.10. The number of rotatable bonds is 4. The van der Waals surface area contributed by atoms with Gasteiger partial charge < -0.3 is 14.9 Å². The van der Waals surface area contributed by atoms with E-state index in [0.717, 1.165) is 31.6 Å². The number of amides is 2. The molecule has 0 atom stereocenters. The summed E-state index contributed by atoms with van der Waals surface area (Å²) >= 11 is 0. The minimum Gasteiger partial charge on any atom is -0.504 e. The van der Waals surface area contributed by atoms with Crippen molar-refractivity contribution in [1.82, 2.24) is 24.5 Å². The van der Waals surface area contributed by atoms with Gasteiger partial charge in [-0.2, -0.15) is 5.10 Å². The molecule has 8 heteroatoms. The fourth-order valence-electron chi connectivity index (χ4n) is 4.10. The van der Waals surface area contributed by atoms with Crippen LogP contribution in [0.25, 0.3) is 5.69 Å². The summed E-state index contributed by atoms with van der Waals surface area (Å²) in [5.41, 5.74) is 0.844. The number of likely N-dealkylation sites (tertiary alicyclic amines) is 1. The summed E-state index contributed by atoms with van der Waals surface area (Å²) in [6.45, 7) is 4.46. The topological polar surface area (TPSA) is 81.9 Å². The molecule has 2 fully saturated rings. The molecule has 8 nitrogen and oxygen atoms in total. The highest BCUT2D eigenvalue weighted by molar-refractivity contribution is 5.95. The van der Waals surface area contributed by atoms with Crippen molar-refractivity contribution in [2.24, 2.45) is 0 Å². The van der Waals surface area contributed by atoms with E-state index in [2.05, 4.69) is 10.00 Å². The van der Waals surface area contributed by atoms with Gasteiger partial charge in [0, 0.05) is 39.3 Å². The molecule has 0 radical (unpaired) electrons. The summed E-state index contributed by atoms with van der Waals surface area (Å²) in [5.74, 6) is -0.209. The Hall–Kier alpha value is -2.87. The van der Waals surface area contributed by atoms with Gasteiger partial charge >= 0.3 is 0 Å². The van der Waals surface area contributed by atoms with Gasteiger partial charge in [-0.1, -0.05) is 31.0 Å². The fraction of sp³-hybridized carbons (Fsp3) is 0.500. The quantitative estimate of drug-likeness (QED) is 0.829. The molecule has 2 aliphatic heterocycles. The Morgan fingerprint density at radius 3 is 2.20 bits per heavy atom. The number of carbonyl (C=O) groups is 2. The Labute approximate surface area is 176 Å². The average molecular weight is 412 g/mol. The lowest BCUT2D eigenvalue weighted by atomic mass is 10.2. The van der Waals surface area contributed by atoms with Crippen molar-refractivity contribution in [3.05, 3.63) is 42.2 Å². The van der Waals surface area contributed by atoms with Crippen molar-refractivity contribution in [2.75, 3.05) is 45.8 Å². The zero-order valence-electron chi connectivity index (χ0n) is 17.2. The molecule has 0 spiro atoms. The lowest BCUT2D eigenvalue weighted by molar-refractivity contribution is -0.132. The molecule has 0 bridgehead atoms. The number of hydrogen-bond donors (Lipinski definition) is 1. The molecule has 0 unspecified atom stereocenters. The van der Waals surface area contributed by atoms with E-state index < -0.39 is 0 Å². The van der Waals surface area contributed by atoms with Crippen LogP contribution < -0.4 is 0 Å². The van der Waals surface area contributed by atoms with Crippen LogP contribution in [0, 0.1) is 0 Å². The van der Waals surface area contributed by atoms with Gasteiger partial charge in [-0.3, -0.25) is 14.5 Å². The van der Waals surface area contributed by atoms with Gasteiger partial charge in [-0.05, 0) is 25.0 Å². The zero-order valence-corrected chi connectivity index (χ0v) is 17.2. The van der Waals surface area contributed by atoms with Gasteiger partial charge in [0.25, 0.3) is 5.91 Å². The number of benzene rings is 1. The highest BCUT2D eigenvalue weighted by atomic mass is 16.3. The largest absolute Gasteiger partial charge is 0.504 e. The van der Waals surface area contributed by atoms with Crippen molar-refractivity contribution in [1.29, 1.82) is 0 Å². The van der Waals surface area contributed by atoms with E-state index in [1.807, 2.05) is 35.2 Å². The molecule has 160 valence electrons. The Bertz CT molecular complexity index is 866. The first kappa shape index (κ1) is 20.4. The number of aromatic hydroxyl groups is 1. The summed E-state index contributed by atoms with van der Waals surface area (Å²) in [6.07, 6.45) is 6.05. The van der Waals surface area contributed by atoms with E-state index in [0.29, 0.717) is 32.7 Å². The number of nitrogens with zero attached hydrogens (tertiary/aromatic N) is 5. The van der Waals surface area contributed by atoms with Crippen LogP contribution in [0.5, 0.6) is 5.75 Å². The van der Waals surface area contributed by atoms with Gasteiger partial charge in [0.15, 0.2) is 11.4 Å². The second kappa shape index (κ2) is 9.30. The molecule has 2 aromatic rings. The zero-order chi connectivity index (χ0) is 20.9. The van der Waals surface area contributed by atoms with E-state index in [4.69, 9.17) is 0 Å². The van der Waals surface area contributed by atoms with Crippen molar-refractivity contribution < 1.29 is 14.7 Å². The van der Waals surface area contributed by atoms with Crippen molar-refractivity contribution >= 4 is 11.8 Å². The number of hydrogen-bond acceptors (Lipinski definition) is 5. The highest BCUT2D eigenvalue weighted by Gasteiger charge is 2.28. The van der Waals surface area contributed by atoms with Crippen LogP contribution in [-0.2, 0) is 4.79 Å². The van der Waals surface area contributed by atoms with Gasteiger partial charge in [0.2, 0.25) is 5.91 Å². The second-order valence-electron chi connectivity index (χ2n) is 8.01. The molecule has 0 aliphatic carbocycles. The van der Waals surface area contributed by atoms with Crippen LogP contribution in [0.2, 0.25) is 0 Å². The predicted octanol–water partition coefficient (Wildman–Crippen LogP) is 1.74. The summed E-state index contributed by atoms with van der Waals surface area (Å²) < 4.78 is 1.51. The summed E-state index contributed by atoms with van der Waals surface area (Å²) in [5, 5.41) is 14.5. The number of aromatic nitrogens is 2. The van der Waals surface area contributed by atoms with E-state index in [1.54, 1.807) is 4.90 Å². The van der Waals surface area contributed by atoms with Gasteiger partial charge in [0.05, 0.1) is 18.4 Å². The Balaban J connectivity index is 1.32. The molecule has 1 N–H and O–H groups in total. The number of piperazine rings is 1. The Morgan fingerprint density at radius 2 is 1.53 bits per heavy atom. The second-order valence-corrected chi connectivity index (χ2v) is 8.01. The third-order valence-corrected chi connectivity index (χ3v) is 5.90. The molecule has 4 rings (SSSR count). The van der Waals surface area contributed by atoms with Gasteiger partial charge in [0.1, 0.15) is 0 Å². The maximum atomic E-state index is 12.9. The van der Waals surface area contributed by atoms with Crippen LogP contribution in [-0.4, -0.2) is 87.2 Å². The van der Waals surface area contributed by atoms with Crippen LogP contribution in [0.3, 0.4) is 0 Å². The van der Waals surface area contributed by atoms with Crippen LogP contribution in [0.1, 0.15) is 36.2 Å². The normalized spacial score (nSPS) is 18.3. The number of carbonyl (C=O) groups excluding carboxylic acids is 2. The molecule has 0 saturated carbocycles. The maximum absolute atomic E-state index is 12.9. The molecule has 2 aliphatic rings. The van der Waals surface area contributed by atoms with E-state index in [1.165, 1.54) is 23.7 Å². The summed E-state index contributed by atoms with van der Waals surface area (Å²) in [6, 6.07) is 9.38. The van der Waals surface area contributed by atoms with Crippen LogP contribution in [0.15, 0.2) is 36.5 Å². The lowest BCUT2D eigenvalue weighted by Crippen LogP contribution is -2.51.